The van der Waals surface area contributed by atoms with Gasteiger partial charge in [0, 0.05) is 17.1 Å². The summed E-state index contributed by atoms with van der Waals surface area (Å²) in [6.45, 7) is 0.0965. The third-order valence-corrected chi connectivity index (χ3v) is 3.42. The van der Waals surface area contributed by atoms with E-state index < -0.39 is 17.9 Å². The number of rotatable bonds is 5. The zero-order chi connectivity index (χ0) is 17.5. The van der Waals surface area contributed by atoms with Gasteiger partial charge in [0.2, 0.25) is 0 Å². The lowest BCUT2D eigenvalue weighted by molar-refractivity contribution is -0.136. The molecule has 2 amide bonds. The van der Waals surface area contributed by atoms with Crippen molar-refractivity contribution in [2.45, 2.75) is 12.5 Å². The Hall–Kier alpha value is -2.82. The van der Waals surface area contributed by atoms with E-state index in [1.807, 2.05) is 6.07 Å². The van der Waals surface area contributed by atoms with Crippen LogP contribution in [0.3, 0.4) is 0 Å². The summed E-state index contributed by atoms with van der Waals surface area (Å²) < 4.78 is 4.85. The summed E-state index contributed by atoms with van der Waals surface area (Å²) in [5.41, 5.74) is 0.936. The van der Waals surface area contributed by atoms with Crippen LogP contribution in [-0.2, 0) is 9.59 Å². The topological polar surface area (TPSA) is 115 Å². The molecule has 0 aliphatic heterocycles. The van der Waals surface area contributed by atoms with Crippen molar-refractivity contribution in [2.24, 2.45) is 0 Å². The van der Waals surface area contributed by atoms with Crippen molar-refractivity contribution in [1.82, 2.24) is 5.32 Å². The van der Waals surface area contributed by atoms with Crippen LogP contribution in [0.1, 0.15) is 23.7 Å². The van der Waals surface area contributed by atoms with Crippen LogP contribution in [0, 0.1) is 11.3 Å². The number of carbonyl (C=O) groups excluding carboxylic acids is 2. The highest BCUT2D eigenvalue weighted by Gasteiger charge is 2.16. The van der Waals surface area contributed by atoms with Gasteiger partial charge >= 0.3 is 11.8 Å². The number of nitriles is 1. The molecule has 1 heterocycles. The molecular formula is C16H14ClN3O4. The van der Waals surface area contributed by atoms with E-state index in [0.29, 0.717) is 10.6 Å². The highest BCUT2D eigenvalue weighted by atomic mass is 35.5. The third-order valence-electron chi connectivity index (χ3n) is 3.19. The number of hydrogen-bond donors (Lipinski definition) is 3. The van der Waals surface area contributed by atoms with Crippen molar-refractivity contribution < 1.29 is 19.1 Å². The molecule has 3 N–H and O–H groups in total. The predicted molar refractivity (Wildman–Crippen MR) is 86.1 cm³/mol. The Morgan fingerprint density at radius 3 is 2.79 bits per heavy atom. The first-order valence-electron chi connectivity index (χ1n) is 7.00. The summed E-state index contributed by atoms with van der Waals surface area (Å²) in [6.07, 6.45) is 2.26. The van der Waals surface area contributed by atoms with Crippen LogP contribution < -0.4 is 10.6 Å². The number of halogens is 1. The fraction of sp³-hybridized carbons (Fsp3) is 0.188. The predicted octanol–water partition coefficient (Wildman–Crippen LogP) is 1.98. The maximum Gasteiger partial charge on any atom is 0.313 e. The standard InChI is InChI=1S/C16H14ClN3O4/c17-12-2-1-10(8-18)13(7-12)20-16(23)15(22)19-5-3-14(21)11-4-6-24-9-11/h1-2,4,6-7,9,14,21H,3,5H2,(H,19,22)(H,20,23). The van der Waals surface area contributed by atoms with Gasteiger partial charge in [-0.3, -0.25) is 9.59 Å². The molecule has 0 saturated carbocycles. The molecule has 0 spiro atoms. The summed E-state index contributed by atoms with van der Waals surface area (Å²) in [5.74, 6) is -1.80. The zero-order valence-corrected chi connectivity index (χ0v) is 13.2. The van der Waals surface area contributed by atoms with Gasteiger partial charge < -0.3 is 20.2 Å². The van der Waals surface area contributed by atoms with Gasteiger partial charge in [0.05, 0.1) is 29.9 Å². The highest BCUT2D eigenvalue weighted by Crippen LogP contribution is 2.20. The molecule has 1 aromatic carbocycles. The number of benzene rings is 1. The number of carbonyl (C=O) groups is 2. The minimum Gasteiger partial charge on any atom is -0.472 e. The summed E-state index contributed by atoms with van der Waals surface area (Å²) in [5, 5.41) is 23.9. The molecule has 0 radical (unpaired) electrons. The van der Waals surface area contributed by atoms with Crippen molar-refractivity contribution in [2.75, 3.05) is 11.9 Å². The van der Waals surface area contributed by atoms with Crippen LogP contribution in [0.4, 0.5) is 5.69 Å². The second-order valence-corrected chi connectivity index (χ2v) is 5.31. The molecule has 0 saturated heterocycles. The normalized spacial score (nSPS) is 11.4. The van der Waals surface area contributed by atoms with Gasteiger partial charge in [-0.25, -0.2) is 0 Å². The average Bonchev–Trinajstić information content (AvgIpc) is 3.09. The quantitative estimate of drug-likeness (QED) is 0.715. The largest absolute Gasteiger partial charge is 0.472 e. The third kappa shape index (κ3) is 4.59. The van der Waals surface area contributed by atoms with Crippen molar-refractivity contribution in [3.8, 4) is 6.07 Å². The van der Waals surface area contributed by atoms with Gasteiger partial charge in [0.25, 0.3) is 0 Å². The number of anilines is 1. The van der Waals surface area contributed by atoms with Crippen LogP contribution >= 0.6 is 11.6 Å². The first kappa shape index (κ1) is 17.5. The Labute approximate surface area is 142 Å². The lowest BCUT2D eigenvalue weighted by atomic mass is 10.1. The Kier molecular flexibility index (Phi) is 5.95. The average molecular weight is 348 g/mol. The highest BCUT2D eigenvalue weighted by molar-refractivity contribution is 6.40. The molecule has 0 aliphatic carbocycles. The molecule has 0 bridgehead atoms. The van der Waals surface area contributed by atoms with Crippen LogP contribution in [0.25, 0.3) is 0 Å². The second-order valence-electron chi connectivity index (χ2n) is 4.87. The lowest BCUT2D eigenvalue weighted by Gasteiger charge is -2.10. The van der Waals surface area contributed by atoms with Gasteiger partial charge in [0.1, 0.15) is 6.07 Å². The number of nitrogens with one attached hydrogen (secondary N) is 2. The zero-order valence-electron chi connectivity index (χ0n) is 12.5. The van der Waals surface area contributed by atoms with E-state index in [1.54, 1.807) is 6.07 Å². The van der Waals surface area contributed by atoms with Gasteiger partial charge in [-0.15, -0.1) is 0 Å². The van der Waals surface area contributed by atoms with Gasteiger partial charge in [-0.1, -0.05) is 11.6 Å². The molecule has 1 aromatic heterocycles. The maximum atomic E-state index is 11.8. The first-order valence-corrected chi connectivity index (χ1v) is 7.38. The second kappa shape index (κ2) is 8.15. The van der Waals surface area contributed by atoms with E-state index >= 15 is 0 Å². The van der Waals surface area contributed by atoms with Crippen LogP contribution in [-0.4, -0.2) is 23.5 Å². The Morgan fingerprint density at radius 2 is 2.12 bits per heavy atom. The molecule has 24 heavy (non-hydrogen) atoms. The molecule has 2 aromatic rings. The van der Waals surface area contributed by atoms with Crippen molar-refractivity contribution in [1.29, 1.82) is 5.26 Å². The first-order chi connectivity index (χ1) is 11.5. The van der Waals surface area contributed by atoms with E-state index in [1.165, 1.54) is 30.7 Å². The smallest absolute Gasteiger partial charge is 0.313 e. The Balaban J connectivity index is 1.86. The maximum absolute atomic E-state index is 11.8. The minimum atomic E-state index is -0.924. The molecule has 8 heteroatoms. The summed E-state index contributed by atoms with van der Waals surface area (Å²) in [4.78, 5) is 23.6. The number of aliphatic hydroxyl groups excluding tert-OH is 1. The Morgan fingerprint density at radius 1 is 1.33 bits per heavy atom. The van der Waals surface area contributed by atoms with Crippen LogP contribution in [0.5, 0.6) is 0 Å². The fourth-order valence-corrected chi connectivity index (χ4v) is 2.10. The summed E-state index contributed by atoms with van der Waals surface area (Å²) >= 11 is 5.81. The molecule has 1 unspecified atom stereocenters. The number of hydrogen-bond acceptors (Lipinski definition) is 5. The number of nitrogens with zero attached hydrogens (tertiary/aromatic N) is 1. The molecular weight excluding hydrogens is 334 g/mol. The SMILES string of the molecule is N#Cc1ccc(Cl)cc1NC(=O)C(=O)NCCC(O)c1ccoc1. The molecule has 7 nitrogen and oxygen atoms in total. The van der Waals surface area contributed by atoms with Crippen LogP contribution in [0.15, 0.2) is 41.2 Å². The van der Waals surface area contributed by atoms with Crippen LogP contribution in [0.2, 0.25) is 5.02 Å². The van der Waals surface area contributed by atoms with E-state index in [9.17, 15) is 14.7 Å². The Bertz CT molecular complexity index is 768. The molecule has 1 atom stereocenters. The van der Waals surface area contributed by atoms with Gasteiger partial charge in [-0.2, -0.15) is 5.26 Å². The molecule has 2 rings (SSSR count). The summed E-state index contributed by atoms with van der Waals surface area (Å²) in [7, 11) is 0. The minimum absolute atomic E-state index is 0.0965. The molecule has 0 aliphatic rings. The number of amides is 2. The van der Waals surface area contributed by atoms with Crippen molar-refractivity contribution in [3.63, 3.8) is 0 Å². The molecule has 124 valence electrons. The van der Waals surface area contributed by atoms with Gasteiger partial charge in [0.15, 0.2) is 0 Å². The van der Waals surface area contributed by atoms with Crippen molar-refractivity contribution in [3.05, 3.63) is 52.9 Å². The summed E-state index contributed by atoms with van der Waals surface area (Å²) in [6, 6.07) is 7.84. The number of furan rings is 1. The molecule has 0 fully saturated rings. The van der Waals surface area contributed by atoms with E-state index in [-0.39, 0.29) is 24.2 Å². The van der Waals surface area contributed by atoms with E-state index in [2.05, 4.69) is 10.6 Å². The van der Waals surface area contributed by atoms with Crippen molar-refractivity contribution >= 4 is 29.1 Å². The van der Waals surface area contributed by atoms with Gasteiger partial charge in [-0.05, 0) is 30.7 Å². The lowest BCUT2D eigenvalue weighted by Crippen LogP contribution is -2.36. The number of aliphatic hydroxyl groups is 1. The monoisotopic (exact) mass is 347 g/mol. The van der Waals surface area contributed by atoms with E-state index in [4.69, 9.17) is 21.3 Å². The van der Waals surface area contributed by atoms with E-state index in [0.717, 1.165) is 0 Å². The fourth-order valence-electron chi connectivity index (χ4n) is 1.93.